The van der Waals surface area contributed by atoms with Crippen molar-refractivity contribution in [3.8, 4) is 11.8 Å². The van der Waals surface area contributed by atoms with Crippen LogP contribution in [0.2, 0.25) is 0 Å². The lowest BCUT2D eigenvalue weighted by Gasteiger charge is -2.05. The third kappa shape index (κ3) is 1.59. The van der Waals surface area contributed by atoms with Crippen LogP contribution in [0, 0.1) is 18.3 Å². The van der Waals surface area contributed by atoms with Gasteiger partial charge in [0.25, 0.3) is 0 Å². The minimum absolute atomic E-state index is 0.640. The van der Waals surface area contributed by atoms with Gasteiger partial charge in [-0.1, -0.05) is 15.9 Å². The highest BCUT2D eigenvalue weighted by Crippen LogP contribution is 2.25. The molecule has 0 aliphatic heterocycles. The van der Waals surface area contributed by atoms with Gasteiger partial charge in [0.2, 0.25) is 0 Å². The van der Waals surface area contributed by atoms with E-state index in [9.17, 15) is 0 Å². The first-order chi connectivity index (χ1) is 5.69. The van der Waals surface area contributed by atoms with Gasteiger partial charge in [-0.05, 0) is 19.1 Å². The standard InChI is InChI=1S/C9H8BrNO/c1-6-7(5-11)3-8(10)4-9(6)12-2/h3-4H,1-2H3. The number of methoxy groups -OCH3 is 1. The van der Waals surface area contributed by atoms with E-state index in [1.54, 1.807) is 13.2 Å². The fourth-order valence-corrected chi connectivity index (χ4v) is 1.42. The SMILES string of the molecule is COc1cc(Br)cc(C#N)c1C. The monoisotopic (exact) mass is 225 g/mol. The second-order valence-electron chi connectivity index (χ2n) is 2.39. The van der Waals surface area contributed by atoms with Crippen molar-refractivity contribution in [3.05, 3.63) is 27.7 Å². The largest absolute Gasteiger partial charge is 0.496 e. The van der Waals surface area contributed by atoms with E-state index in [0.29, 0.717) is 5.56 Å². The molecule has 0 bridgehead atoms. The van der Waals surface area contributed by atoms with E-state index in [0.717, 1.165) is 15.8 Å². The molecule has 0 saturated carbocycles. The van der Waals surface area contributed by atoms with Crippen molar-refractivity contribution in [1.82, 2.24) is 0 Å². The molecule has 62 valence electrons. The molecule has 2 nitrogen and oxygen atoms in total. The number of hydrogen-bond acceptors (Lipinski definition) is 2. The van der Waals surface area contributed by atoms with E-state index >= 15 is 0 Å². The van der Waals surface area contributed by atoms with Crippen LogP contribution in [0.1, 0.15) is 11.1 Å². The van der Waals surface area contributed by atoms with E-state index < -0.39 is 0 Å². The van der Waals surface area contributed by atoms with Gasteiger partial charge in [-0.15, -0.1) is 0 Å². The first-order valence-corrected chi connectivity index (χ1v) is 4.22. The van der Waals surface area contributed by atoms with E-state index in [-0.39, 0.29) is 0 Å². The molecule has 0 saturated heterocycles. The summed E-state index contributed by atoms with van der Waals surface area (Å²) in [5, 5.41) is 8.74. The Hall–Kier alpha value is -1.01. The van der Waals surface area contributed by atoms with Crippen molar-refractivity contribution >= 4 is 15.9 Å². The predicted molar refractivity (Wildman–Crippen MR) is 50.1 cm³/mol. The second kappa shape index (κ2) is 3.59. The van der Waals surface area contributed by atoms with Gasteiger partial charge < -0.3 is 4.74 Å². The molecular weight excluding hydrogens is 218 g/mol. The molecule has 0 spiro atoms. The number of rotatable bonds is 1. The summed E-state index contributed by atoms with van der Waals surface area (Å²) < 4.78 is 5.95. The molecule has 0 atom stereocenters. The van der Waals surface area contributed by atoms with Crippen molar-refractivity contribution in [2.45, 2.75) is 6.92 Å². The number of hydrogen-bond donors (Lipinski definition) is 0. The van der Waals surface area contributed by atoms with Crippen LogP contribution in [0.3, 0.4) is 0 Å². The van der Waals surface area contributed by atoms with Crippen molar-refractivity contribution in [2.24, 2.45) is 0 Å². The molecule has 0 heterocycles. The van der Waals surface area contributed by atoms with Crippen LogP contribution < -0.4 is 4.74 Å². The summed E-state index contributed by atoms with van der Waals surface area (Å²) in [5.74, 6) is 0.737. The first kappa shape index (κ1) is 9.08. The Morgan fingerprint density at radius 1 is 1.50 bits per heavy atom. The van der Waals surface area contributed by atoms with Crippen molar-refractivity contribution < 1.29 is 4.74 Å². The fraction of sp³-hybridized carbons (Fsp3) is 0.222. The van der Waals surface area contributed by atoms with Gasteiger partial charge >= 0.3 is 0 Å². The van der Waals surface area contributed by atoms with Crippen molar-refractivity contribution in [2.75, 3.05) is 7.11 Å². The van der Waals surface area contributed by atoms with Crippen LogP contribution in [0.5, 0.6) is 5.75 Å². The Morgan fingerprint density at radius 3 is 2.67 bits per heavy atom. The summed E-state index contributed by atoms with van der Waals surface area (Å²) >= 11 is 3.30. The maximum atomic E-state index is 8.74. The zero-order chi connectivity index (χ0) is 9.14. The van der Waals surface area contributed by atoms with E-state index in [2.05, 4.69) is 22.0 Å². The Bertz CT molecular complexity index is 341. The number of benzene rings is 1. The molecule has 0 fully saturated rings. The lowest BCUT2D eigenvalue weighted by atomic mass is 10.1. The topological polar surface area (TPSA) is 33.0 Å². The minimum atomic E-state index is 0.640. The summed E-state index contributed by atoms with van der Waals surface area (Å²) in [7, 11) is 1.59. The lowest BCUT2D eigenvalue weighted by Crippen LogP contribution is -1.90. The molecule has 0 radical (unpaired) electrons. The molecular formula is C9H8BrNO. The van der Waals surface area contributed by atoms with Gasteiger partial charge in [-0.25, -0.2) is 0 Å². The Morgan fingerprint density at radius 2 is 2.17 bits per heavy atom. The second-order valence-corrected chi connectivity index (χ2v) is 3.31. The smallest absolute Gasteiger partial charge is 0.124 e. The molecule has 0 aliphatic rings. The highest BCUT2D eigenvalue weighted by molar-refractivity contribution is 9.10. The Balaban J connectivity index is 3.34. The molecule has 0 unspecified atom stereocenters. The molecule has 0 N–H and O–H groups in total. The van der Waals surface area contributed by atoms with Crippen LogP contribution in [-0.4, -0.2) is 7.11 Å². The predicted octanol–water partition coefficient (Wildman–Crippen LogP) is 2.64. The highest BCUT2D eigenvalue weighted by Gasteiger charge is 2.05. The molecule has 12 heavy (non-hydrogen) atoms. The van der Waals surface area contributed by atoms with Crippen LogP contribution >= 0.6 is 15.9 Å². The van der Waals surface area contributed by atoms with Crippen LogP contribution in [0.4, 0.5) is 0 Å². The number of nitriles is 1. The molecule has 1 aromatic rings. The van der Waals surface area contributed by atoms with Gasteiger partial charge in [-0.3, -0.25) is 0 Å². The Kier molecular flexibility index (Phi) is 2.72. The van der Waals surface area contributed by atoms with Gasteiger partial charge in [0.15, 0.2) is 0 Å². The average molecular weight is 226 g/mol. The summed E-state index contributed by atoms with van der Waals surface area (Å²) in [5.41, 5.74) is 1.52. The zero-order valence-electron chi connectivity index (χ0n) is 6.89. The molecule has 0 amide bonds. The summed E-state index contributed by atoms with van der Waals surface area (Å²) in [6.45, 7) is 1.86. The fourth-order valence-electron chi connectivity index (χ4n) is 0.982. The number of ether oxygens (including phenoxy) is 1. The van der Waals surface area contributed by atoms with Gasteiger partial charge in [0.1, 0.15) is 5.75 Å². The van der Waals surface area contributed by atoms with Gasteiger partial charge in [-0.2, -0.15) is 5.26 Å². The van der Waals surface area contributed by atoms with Crippen LogP contribution in [0.25, 0.3) is 0 Å². The summed E-state index contributed by atoms with van der Waals surface area (Å²) in [6, 6.07) is 5.72. The Labute approximate surface area is 79.9 Å². The third-order valence-corrected chi connectivity index (χ3v) is 2.12. The number of nitrogens with zero attached hydrogens (tertiary/aromatic N) is 1. The minimum Gasteiger partial charge on any atom is -0.496 e. The zero-order valence-corrected chi connectivity index (χ0v) is 8.47. The quantitative estimate of drug-likeness (QED) is 0.737. The van der Waals surface area contributed by atoms with E-state index in [4.69, 9.17) is 10.00 Å². The van der Waals surface area contributed by atoms with E-state index in [1.165, 1.54) is 0 Å². The van der Waals surface area contributed by atoms with Gasteiger partial charge in [0.05, 0.1) is 18.7 Å². The number of halogens is 1. The van der Waals surface area contributed by atoms with Crippen LogP contribution in [-0.2, 0) is 0 Å². The normalized spacial score (nSPS) is 9.17. The first-order valence-electron chi connectivity index (χ1n) is 3.43. The maximum Gasteiger partial charge on any atom is 0.124 e. The molecule has 0 aliphatic carbocycles. The van der Waals surface area contributed by atoms with Gasteiger partial charge in [0, 0.05) is 10.0 Å². The maximum absolute atomic E-state index is 8.74. The lowest BCUT2D eigenvalue weighted by molar-refractivity contribution is 0.411. The molecule has 0 aromatic heterocycles. The van der Waals surface area contributed by atoms with Crippen LogP contribution in [0.15, 0.2) is 16.6 Å². The summed E-state index contributed by atoms with van der Waals surface area (Å²) in [6.07, 6.45) is 0. The van der Waals surface area contributed by atoms with Crippen molar-refractivity contribution in [3.63, 3.8) is 0 Å². The molecule has 1 aromatic carbocycles. The molecule has 1 rings (SSSR count). The average Bonchev–Trinajstić information content (AvgIpc) is 2.08. The van der Waals surface area contributed by atoms with Crippen molar-refractivity contribution in [1.29, 1.82) is 5.26 Å². The molecule has 3 heteroatoms. The third-order valence-electron chi connectivity index (χ3n) is 1.67. The summed E-state index contributed by atoms with van der Waals surface area (Å²) in [4.78, 5) is 0. The van der Waals surface area contributed by atoms with E-state index in [1.807, 2.05) is 13.0 Å². The highest BCUT2D eigenvalue weighted by atomic mass is 79.9.